The van der Waals surface area contributed by atoms with Gasteiger partial charge in [0.15, 0.2) is 5.11 Å². The first kappa shape index (κ1) is 20.9. The van der Waals surface area contributed by atoms with E-state index >= 15 is 0 Å². The molecule has 0 radical (unpaired) electrons. The molecule has 2 aromatic rings. The van der Waals surface area contributed by atoms with Crippen molar-refractivity contribution in [3.05, 3.63) is 58.1 Å². The predicted octanol–water partition coefficient (Wildman–Crippen LogP) is 3.72. The van der Waals surface area contributed by atoms with Crippen molar-refractivity contribution in [2.24, 2.45) is 0 Å². The first-order valence-electron chi connectivity index (χ1n) is 8.37. The van der Waals surface area contributed by atoms with Crippen LogP contribution in [0.2, 0.25) is 0 Å². The Bertz CT molecular complexity index is 841. The molecule has 3 N–H and O–H groups in total. The van der Waals surface area contributed by atoms with Crippen LogP contribution in [-0.4, -0.2) is 30.1 Å². The van der Waals surface area contributed by atoms with E-state index in [1.807, 2.05) is 13.8 Å². The summed E-state index contributed by atoms with van der Waals surface area (Å²) in [5.41, 5.74) is 1.59. The van der Waals surface area contributed by atoms with Crippen molar-refractivity contribution in [3.8, 4) is 5.75 Å². The van der Waals surface area contributed by atoms with Crippen LogP contribution in [0.15, 0.2) is 46.9 Å². The first-order chi connectivity index (χ1) is 12.9. The summed E-state index contributed by atoms with van der Waals surface area (Å²) in [6.45, 7) is 4.72. The van der Waals surface area contributed by atoms with E-state index in [1.54, 1.807) is 42.5 Å². The minimum Gasteiger partial charge on any atom is -0.493 e. The number of nitrogens with one attached hydrogen (secondary N) is 3. The molecule has 27 heavy (non-hydrogen) atoms. The summed E-state index contributed by atoms with van der Waals surface area (Å²) in [5.74, 6) is -0.0403. The molecule has 0 aromatic heterocycles. The van der Waals surface area contributed by atoms with Crippen LogP contribution in [0.5, 0.6) is 5.75 Å². The van der Waals surface area contributed by atoms with Crippen LogP contribution in [0.1, 0.15) is 34.6 Å². The molecule has 2 amide bonds. The van der Waals surface area contributed by atoms with Crippen molar-refractivity contribution < 1.29 is 14.3 Å². The molecule has 142 valence electrons. The maximum absolute atomic E-state index is 12.5. The molecule has 0 saturated carbocycles. The lowest BCUT2D eigenvalue weighted by Crippen LogP contribution is -2.34. The summed E-state index contributed by atoms with van der Waals surface area (Å²) < 4.78 is 6.25. The highest BCUT2D eigenvalue weighted by Crippen LogP contribution is 2.23. The van der Waals surface area contributed by atoms with E-state index in [9.17, 15) is 9.59 Å². The first-order valence-corrected chi connectivity index (χ1v) is 9.57. The highest BCUT2D eigenvalue weighted by atomic mass is 79.9. The van der Waals surface area contributed by atoms with Gasteiger partial charge in [0.1, 0.15) is 5.75 Å². The third-order valence-corrected chi connectivity index (χ3v) is 4.15. The van der Waals surface area contributed by atoms with Gasteiger partial charge in [-0.25, -0.2) is 0 Å². The predicted molar refractivity (Wildman–Crippen MR) is 113 cm³/mol. The van der Waals surface area contributed by atoms with Crippen molar-refractivity contribution in [2.45, 2.75) is 13.8 Å². The molecule has 0 atom stereocenters. The highest BCUT2D eigenvalue weighted by molar-refractivity contribution is 9.10. The van der Waals surface area contributed by atoms with E-state index in [1.165, 1.54) is 0 Å². The number of ether oxygens (including phenoxy) is 1. The molecule has 0 spiro atoms. The summed E-state index contributed by atoms with van der Waals surface area (Å²) in [7, 11) is 0. The molecule has 0 aliphatic carbocycles. The molecule has 2 rings (SSSR count). The average molecular weight is 450 g/mol. The van der Waals surface area contributed by atoms with Gasteiger partial charge >= 0.3 is 0 Å². The number of anilines is 1. The van der Waals surface area contributed by atoms with Gasteiger partial charge in [0.05, 0.1) is 12.2 Å². The topological polar surface area (TPSA) is 79.5 Å². The quantitative estimate of drug-likeness (QED) is 0.585. The number of thiocarbonyl (C=S) groups is 1. The van der Waals surface area contributed by atoms with Crippen LogP contribution < -0.4 is 20.7 Å². The van der Waals surface area contributed by atoms with Gasteiger partial charge in [-0.05, 0) is 68.5 Å². The van der Waals surface area contributed by atoms with Crippen LogP contribution in [0.4, 0.5) is 5.69 Å². The number of amides is 2. The molecule has 0 saturated heterocycles. The minimum atomic E-state index is -0.379. The smallest absolute Gasteiger partial charge is 0.261 e. The number of benzene rings is 2. The van der Waals surface area contributed by atoms with E-state index in [4.69, 9.17) is 17.0 Å². The molecule has 8 heteroatoms. The summed E-state index contributed by atoms with van der Waals surface area (Å²) in [6.07, 6.45) is 0. The Morgan fingerprint density at radius 1 is 1.07 bits per heavy atom. The number of carbonyl (C=O) groups is 2. The Hall–Kier alpha value is -2.45. The van der Waals surface area contributed by atoms with Gasteiger partial charge < -0.3 is 15.4 Å². The fourth-order valence-electron chi connectivity index (χ4n) is 2.26. The van der Waals surface area contributed by atoms with Gasteiger partial charge in [0.25, 0.3) is 11.8 Å². The van der Waals surface area contributed by atoms with Crippen molar-refractivity contribution in [3.63, 3.8) is 0 Å². The van der Waals surface area contributed by atoms with E-state index in [0.29, 0.717) is 35.7 Å². The number of rotatable bonds is 6. The second-order valence-electron chi connectivity index (χ2n) is 5.42. The van der Waals surface area contributed by atoms with Gasteiger partial charge in [-0.3, -0.25) is 14.9 Å². The molecule has 0 unspecified atom stereocenters. The molecule has 6 nitrogen and oxygen atoms in total. The molecule has 0 heterocycles. The van der Waals surface area contributed by atoms with E-state index in [0.717, 1.165) is 4.47 Å². The van der Waals surface area contributed by atoms with Gasteiger partial charge in [0, 0.05) is 22.3 Å². The molecule has 0 fully saturated rings. The lowest BCUT2D eigenvalue weighted by Gasteiger charge is -2.13. The Kier molecular flexibility index (Phi) is 7.75. The Labute approximate surface area is 171 Å². The van der Waals surface area contributed by atoms with E-state index in [-0.39, 0.29) is 16.9 Å². The van der Waals surface area contributed by atoms with Crippen LogP contribution in [0.25, 0.3) is 0 Å². The van der Waals surface area contributed by atoms with Gasteiger partial charge in [-0.1, -0.05) is 15.9 Å². The summed E-state index contributed by atoms with van der Waals surface area (Å²) in [5, 5.41) is 8.43. The Morgan fingerprint density at radius 3 is 2.41 bits per heavy atom. The number of hydrogen-bond donors (Lipinski definition) is 3. The largest absolute Gasteiger partial charge is 0.493 e. The third-order valence-electron chi connectivity index (χ3n) is 3.46. The molecule has 0 bridgehead atoms. The highest BCUT2D eigenvalue weighted by Gasteiger charge is 2.15. The second-order valence-corrected chi connectivity index (χ2v) is 6.74. The zero-order valence-corrected chi connectivity index (χ0v) is 17.4. The average Bonchev–Trinajstić information content (AvgIpc) is 2.64. The van der Waals surface area contributed by atoms with Crippen molar-refractivity contribution in [1.29, 1.82) is 0 Å². The molecule has 0 aliphatic rings. The van der Waals surface area contributed by atoms with E-state index < -0.39 is 0 Å². The lowest BCUT2D eigenvalue weighted by molar-refractivity contribution is 0.0952. The van der Waals surface area contributed by atoms with Gasteiger partial charge in [-0.15, -0.1) is 0 Å². The summed E-state index contributed by atoms with van der Waals surface area (Å²) in [4.78, 5) is 24.3. The third kappa shape index (κ3) is 6.04. The zero-order chi connectivity index (χ0) is 19.8. The number of carbonyl (C=O) groups excluding carboxylic acids is 2. The summed E-state index contributed by atoms with van der Waals surface area (Å²) in [6, 6.07) is 12.0. The van der Waals surface area contributed by atoms with Crippen LogP contribution >= 0.6 is 28.1 Å². The maximum atomic E-state index is 12.5. The molecular formula is C19H20BrN3O3S. The normalized spacial score (nSPS) is 10.0. The standard InChI is InChI=1S/C19H20BrN3O3S/c1-3-21-17(24)12-5-8-14(9-6-12)22-19(27)23-18(25)15-11-13(20)7-10-16(15)26-4-2/h5-11H,3-4H2,1-2H3,(H,21,24)(H2,22,23,25,27). The molecule has 0 aliphatic heterocycles. The SMILES string of the molecule is CCNC(=O)c1ccc(NC(=S)NC(=O)c2cc(Br)ccc2OCC)cc1. The lowest BCUT2D eigenvalue weighted by atomic mass is 10.2. The summed E-state index contributed by atoms with van der Waals surface area (Å²) >= 11 is 8.55. The Morgan fingerprint density at radius 2 is 1.78 bits per heavy atom. The van der Waals surface area contributed by atoms with Crippen LogP contribution in [0.3, 0.4) is 0 Å². The maximum Gasteiger partial charge on any atom is 0.261 e. The van der Waals surface area contributed by atoms with Crippen molar-refractivity contribution >= 4 is 50.8 Å². The van der Waals surface area contributed by atoms with Crippen molar-refractivity contribution in [2.75, 3.05) is 18.5 Å². The van der Waals surface area contributed by atoms with Gasteiger partial charge in [-0.2, -0.15) is 0 Å². The van der Waals surface area contributed by atoms with E-state index in [2.05, 4.69) is 31.9 Å². The Balaban J connectivity index is 2.02. The molecule has 2 aromatic carbocycles. The fraction of sp³-hybridized carbons (Fsp3) is 0.211. The van der Waals surface area contributed by atoms with Crippen molar-refractivity contribution in [1.82, 2.24) is 10.6 Å². The van der Waals surface area contributed by atoms with Crippen LogP contribution in [0, 0.1) is 0 Å². The van der Waals surface area contributed by atoms with Gasteiger partial charge in [0.2, 0.25) is 0 Å². The van der Waals surface area contributed by atoms with Crippen LogP contribution in [-0.2, 0) is 0 Å². The zero-order valence-electron chi connectivity index (χ0n) is 15.0. The second kappa shape index (κ2) is 10.0. The monoisotopic (exact) mass is 449 g/mol. The number of halogens is 1. The number of hydrogen-bond acceptors (Lipinski definition) is 4. The minimum absolute atomic E-state index is 0.141. The molecular weight excluding hydrogens is 430 g/mol. The fourth-order valence-corrected chi connectivity index (χ4v) is 2.83.